The Bertz CT molecular complexity index is 626. The Morgan fingerprint density at radius 2 is 2.28 bits per heavy atom. The SMILES string of the molecule is CCOCCN1CCN(C=C2NN=C(c3occc3C)O2)CC1CC. The average Bonchev–Trinajstić information content (AvgIpc) is 3.24. The summed E-state index contributed by atoms with van der Waals surface area (Å²) in [5.74, 6) is 1.79. The minimum Gasteiger partial charge on any atom is -0.459 e. The van der Waals surface area contributed by atoms with Crippen LogP contribution in [0.5, 0.6) is 0 Å². The van der Waals surface area contributed by atoms with Gasteiger partial charge in [-0.3, -0.25) is 4.90 Å². The maximum Gasteiger partial charge on any atom is 0.281 e. The molecule has 25 heavy (non-hydrogen) atoms. The molecule has 2 aliphatic rings. The Morgan fingerprint density at radius 3 is 3.00 bits per heavy atom. The van der Waals surface area contributed by atoms with Crippen molar-refractivity contribution in [3.05, 3.63) is 35.7 Å². The zero-order valence-electron chi connectivity index (χ0n) is 15.3. The number of furan rings is 1. The van der Waals surface area contributed by atoms with Crippen LogP contribution in [0.1, 0.15) is 31.6 Å². The second-order valence-corrected chi connectivity index (χ2v) is 6.35. The first kappa shape index (κ1) is 17.8. The first-order valence-electron chi connectivity index (χ1n) is 9.05. The molecule has 0 amide bonds. The summed E-state index contributed by atoms with van der Waals surface area (Å²) in [5.41, 5.74) is 3.96. The van der Waals surface area contributed by atoms with Gasteiger partial charge in [0.2, 0.25) is 5.88 Å². The number of nitrogens with one attached hydrogen (secondary N) is 1. The number of hydrogen-bond acceptors (Lipinski definition) is 7. The Morgan fingerprint density at radius 1 is 1.40 bits per heavy atom. The summed E-state index contributed by atoms with van der Waals surface area (Å²) >= 11 is 0. The maximum atomic E-state index is 5.80. The molecule has 1 aromatic rings. The van der Waals surface area contributed by atoms with Gasteiger partial charge in [-0.25, -0.2) is 5.43 Å². The van der Waals surface area contributed by atoms with Crippen LogP contribution in [0.25, 0.3) is 0 Å². The van der Waals surface area contributed by atoms with Crippen LogP contribution in [0, 0.1) is 6.92 Å². The van der Waals surface area contributed by atoms with E-state index in [4.69, 9.17) is 13.9 Å². The molecule has 0 aliphatic carbocycles. The highest BCUT2D eigenvalue weighted by Gasteiger charge is 2.26. The fourth-order valence-corrected chi connectivity index (χ4v) is 3.21. The van der Waals surface area contributed by atoms with Crippen LogP contribution < -0.4 is 5.43 Å². The molecule has 1 aromatic heterocycles. The lowest BCUT2D eigenvalue weighted by molar-refractivity contribution is 0.0551. The van der Waals surface area contributed by atoms with Gasteiger partial charge in [0.05, 0.1) is 19.1 Å². The quantitative estimate of drug-likeness (QED) is 0.762. The van der Waals surface area contributed by atoms with Gasteiger partial charge in [-0.2, -0.15) is 0 Å². The lowest BCUT2D eigenvalue weighted by Crippen LogP contribution is -2.52. The second-order valence-electron chi connectivity index (χ2n) is 6.35. The summed E-state index contributed by atoms with van der Waals surface area (Å²) in [5, 5.41) is 4.22. The van der Waals surface area contributed by atoms with E-state index in [0.717, 1.165) is 51.4 Å². The molecule has 1 fully saturated rings. The van der Waals surface area contributed by atoms with Crippen molar-refractivity contribution in [2.75, 3.05) is 39.4 Å². The molecule has 7 heteroatoms. The number of hydrazone groups is 1. The van der Waals surface area contributed by atoms with Crippen molar-refractivity contribution in [2.45, 2.75) is 33.2 Å². The van der Waals surface area contributed by atoms with Gasteiger partial charge in [0, 0.05) is 44.4 Å². The molecule has 1 unspecified atom stereocenters. The van der Waals surface area contributed by atoms with Crippen LogP contribution in [-0.4, -0.2) is 61.1 Å². The highest BCUT2D eigenvalue weighted by Crippen LogP contribution is 2.18. The molecular weight excluding hydrogens is 320 g/mol. The summed E-state index contributed by atoms with van der Waals surface area (Å²) in [4.78, 5) is 4.81. The van der Waals surface area contributed by atoms with Crippen LogP contribution in [0.2, 0.25) is 0 Å². The standard InChI is InChI=1S/C18H28N4O3/c1-4-15-12-21(7-8-22(15)9-11-23-5-2)13-16-19-20-18(25-16)17-14(3)6-10-24-17/h6,10,13,15,19H,4-5,7-9,11-12H2,1-3H3. The predicted molar refractivity (Wildman–Crippen MR) is 96.0 cm³/mol. The lowest BCUT2D eigenvalue weighted by Gasteiger charge is -2.40. The molecule has 3 heterocycles. The Balaban J connectivity index is 1.54. The van der Waals surface area contributed by atoms with Crippen LogP contribution in [0.15, 0.2) is 33.9 Å². The second kappa shape index (κ2) is 8.40. The smallest absolute Gasteiger partial charge is 0.281 e. The third-order valence-corrected chi connectivity index (χ3v) is 4.66. The first-order chi connectivity index (χ1) is 12.2. The first-order valence-corrected chi connectivity index (χ1v) is 9.05. The summed E-state index contributed by atoms with van der Waals surface area (Å²) < 4.78 is 16.7. The van der Waals surface area contributed by atoms with E-state index >= 15 is 0 Å². The van der Waals surface area contributed by atoms with Crippen molar-refractivity contribution >= 4 is 5.90 Å². The average molecular weight is 348 g/mol. The molecular formula is C18H28N4O3. The molecule has 7 nitrogen and oxygen atoms in total. The molecule has 1 saturated heterocycles. The Hall–Kier alpha value is -1.99. The van der Waals surface area contributed by atoms with Gasteiger partial charge in [-0.05, 0) is 26.3 Å². The van der Waals surface area contributed by atoms with Gasteiger partial charge in [-0.1, -0.05) is 6.92 Å². The summed E-state index contributed by atoms with van der Waals surface area (Å²) in [6, 6.07) is 2.43. The van der Waals surface area contributed by atoms with Gasteiger partial charge in [0.25, 0.3) is 5.90 Å². The molecule has 0 radical (unpaired) electrons. The predicted octanol–water partition coefficient (Wildman–Crippen LogP) is 2.10. The zero-order valence-corrected chi connectivity index (χ0v) is 15.3. The summed E-state index contributed by atoms with van der Waals surface area (Å²) in [7, 11) is 0. The molecule has 1 N–H and O–H groups in total. The number of piperazine rings is 1. The molecule has 0 saturated carbocycles. The molecule has 138 valence electrons. The molecule has 2 aliphatic heterocycles. The maximum absolute atomic E-state index is 5.80. The number of ether oxygens (including phenoxy) is 2. The molecule has 0 bridgehead atoms. The summed E-state index contributed by atoms with van der Waals surface area (Å²) in [6.07, 6.45) is 4.77. The fraction of sp³-hybridized carbons (Fsp3) is 0.611. The molecule has 0 aromatic carbocycles. The van der Waals surface area contributed by atoms with E-state index in [1.165, 1.54) is 0 Å². The number of nitrogens with zero attached hydrogens (tertiary/aromatic N) is 3. The van der Waals surface area contributed by atoms with E-state index in [1.807, 2.05) is 26.1 Å². The van der Waals surface area contributed by atoms with Gasteiger partial charge in [0.1, 0.15) is 0 Å². The Kier molecular flexibility index (Phi) is 5.99. The van der Waals surface area contributed by atoms with E-state index in [2.05, 4.69) is 27.3 Å². The number of aryl methyl sites for hydroxylation is 1. The van der Waals surface area contributed by atoms with Crippen molar-refractivity contribution in [2.24, 2.45) is 5.10 Å². The van der Waals surface area contributed by atoms with Gasteiger partial charge in [-0.15, -0.1) is 5.10 Å². The third kappa shape index (κ3) is 4.35. The highest BCUT2D eigenvalue weighted by atomic mass is 16.5. The van der Waals surface area contributed by atoms with Crippen LogP contribution in [0.4, 0.5) is 0 Å². The fourth-order valence-electron chi connectivity index (χ4n) is 3.21. The van der Waals surface area contributed by atoms with E-state index in [1.54, 1.807) is 6.26 Å². The van der Waals surface area contributed by atoms with Crippen molar-refractivity contribution in [3.8, 4) is 0 Å². The van der Waals surface area contributed by atoms with E-state index in [9.17, 15) is 0 Å². The van der Waals surface area contributed by atoms with E-state index in [-0.39, 0.29) is 0 Å². The third-order valence-electron chi connectivity index (χ3n) is 4.66. The van der Waals surface area contributed by atoms with Crippen LogP contribution in [0.3, 0.4) is 0 Å². The zero-order chi connectivity index (χ0) is 17.6. The molecule has 0 spiro atoms. The topological polar surface area (TPSA) is 62.5 Å². The van der Waals surface area contributed by atoms with Crippen molar-refractivity contribution in [1.29, 1.82) is 0 Å². The molecule has 3 rings (SSSR count). The monoisotopic (exact) mass is 348 g/mol. The van der Waals surface area contributed by atoms with Crippen LogP contribution >= 0.6 is 0 Å². The number of hydrogen-bond donors (Lipinski definition) is 1. The van der Waals surface area contributed by atoms with Crippen molar-refractivity contribution in [3.63, 3.8) is 0 Å². The molecule has 1 atom stereocenters. The normalized spacial score (nSPS) is 22.8. The largest absolute Gasteiger partial charge is 0.459 e. The van der Waals surface area contributed by atoms with Gasteiger partial charge in [0.15, 0.2) is 5.76 Å². The van der Waals surface area contributed by atoms with Crippen molar-refractivity contribution < 1.29 is 13.9 Å². The van der Waals surface area contributed by atoms with E-state index < -0.39 is 0 Å². The van der Waals surface area contributed by atoms with E-state index in [0.29, 0.717) is 23.6 Å². The van der Waals surface area contributed by atoms with Crippen LogP contribution in [-0.2, 0) is 9.47 Å². The Labute approximate surface area is 149 Å². The minimum atomic E-state index is 0.483. The number of rotatable bonds is 7. The summed E-state index contributed by atoms with van der Waals surface area (Å²) in [6.45, 7) is 11.8. The van der Waals surface area contributed by atoms with Gasteiger partial charge >= 0.3 is 0 Å². The van der Waals surface area contributed by atoms with Crippen molar-refractivity contribution in [1.82, 2.24) is 15.2 Å². The minimum absolute atomic E-state index is 0.483. The highest BCUT2D eigenvalue weighted by molar-refractivity contribution is 5.94. The lowest BCUT2D eigenvalue weighted by atomic mass is 10.1. The van der Waals surface area contributed by atoms with Gasteiger partial charge < -0.3 is 18.8 Å².